The van der Waals surface area contributed by atoms with Gasteiger partial charge in [-0.3, -0.25) is 4.79 Å². The first-order chi connectivity index (χ1) is 7.81. The second kappa shape index (κ2) is 12.5. The fourth-order valence-corrected chi connectivity index (χ4v) is 1.59. The molecule has 0 amide bonds. The summed E-state index contributed by atoms with van der Waals surface area (Å²) in [4.78, 5) is 11.3. The SMILES string of the molecule is [CH2]CCCCCOC(=O)CCCCCCC. The molecule has 16 heavy (non-hydrogen) atoms. The van der Waals surface area contributed by atoms with E-state index in [1.807, 2.05) is 0 Å². The van der Waals surface area contributed by atoms with Gasteiger partial charge in [-0.15, -0.1) is 0 Å². The number of esters is 1. The quantitative estimate of drug-likeness (QED) is 0.389. The summed E-state index contributed by atoms with van der Waals surface area (Å²) in [5.74, 6) is -0.0221. The molecule has 0 heterocycles. The standard InChI is InChI=1S/C14H27O2/c1-3-5-7-9-10-12-14(15)16-13-11-8-6-4-2/h2-13H2,1H3. The third-order valence-corrected chi connectivity index (χ3v) is 2.64. The Morgan fingerprint density at radius 2 is 1.69 bits per heavy atom. The summed E-state index contributed by atoms with van der Waals surface area (Å²) < 4.78 is 5.14. The molecule has 95 valence electrons. The number of carbonyl (C=O) groups excluding carboxylic acids is 1. The summed E-state index contributed by atoms with van der Waals surface area (Å²) in [6.07, 6.45) is 10.7. The lowest BCUT2D eigenvalue weighted by atomic mass is 10.1. The van der Waals surface area contributed by atoms with Crippen molar-refractivity contribution in [3.63, 3.8) is 0 Å². The van der Waals surface area contributed by atoms with Gasteiger partial charge in [-0.1, -0.05) is 58.8 Å². The number of unbranched alkanes of at least 4 members (excludes halogenated alkanes) is 7. The maximum Gasteiger partial charge on any atom is 0.305 e. The molecular weight excluding hydrogens is 200 g/mol. The van der Waals surface area contributed by atoms with E-state index in [0.29, 0.717) is 13.0 Å². The molecule has 0 aromatic heterocycles. The van der Waals surface area contributed by atoms with E-state index in [1.54, 1.807) is 0 Å². The number of hydrogen-bond acceptors (Lipinski definition) is 2. The Labute approximate surface area is 101 Å². The predicted octanol–water partition coefficient (Wildman–Crippen LogP) is 4.28. The van der Waals surface area contributed by atoms with Crippen molar-refractivity contribution in [2.75, 3.05) is 6.61 Å². The highest BCUT2D eigenvalue weighted by Crippen LogP contribution is 2.06. The van der Waals surface area contributed by atoms with Crippen molar-refractivity contribution in [2.24, 2.45) is 0 Å². The van der Waals surface area contributed by atoms with Crippen LogP contribution in [0.2, 0.25) is 0 Å². The topological polar surface area (TPSA) is 26.3 Å². The smallest absolute Gasteiger partial charge is 0.305 e. The predicted molar refractivity (Wildman–Crippen MR) is 68.2 cm³/mol. The van der Waals surface area contributed by atoms with Crippen LogP contribution in [0.15, 0.2) is 0 Å². The summed E-state index contributed by atoms with van der Waals surface area (Å²) >= 11 is 0. The average Bonchev–Trinajstić information content (AvgIpc) is 2.28. The van der Waals surface area contributed by atoms with E-state index < -0.39 is 0 Å². The van der Waals surface area contributed by atoms with Gasteiger partial charge in [0.2, 0.25) is 0 Å². The van der Waals surface area contributed by atoms with Gasteiger partial charge in [0.25, 0.3) is 0 Å². The van der Waals surface area contributed by atoms with Crippen LogP contribution in [0.4, 0.5) is 0 Å². The minimum Gasteiger partial charge on any atom is -0.466 e. The van der Waals surface area contributed by atoms with Crippen LogP contribution >= 0.6 is 0 Å². The number of ether oxygens (including phenoxy) is 1. The fourth-order valence-electron chi connectivity index (χ4n) is 1.59. The zero-order valence-electron chi connectivity index (χ0n) is 10.8. The largest absolute Gasteiger partial charge is 0.466 e. The Kier molecular flexibility index (Phi) is 12.1. The minimum absolute atomic E-state index is 0.0221. The van der Waals surface area contributed by atoms with E-state index >= 15 is 0 Å². The molecule has 0 aliphatic rings. The molecule has 2 nitrogen and oxygen atoms in total. The first kappa shape index (κ1) is 15.5. The van der Waals surface area contributed by atoms with Crippen LogP contribution in [0.3, 0.4) is 0 Å². The minimum atomic E-state index is -0.0221. The van der Waals surface area contributed by atoms with Crippen molar-refractivity contribution in [3.8, 4) is 0 Å². The monoisotopic (exact) mass is 227 g/mol. The van der Waals surface area contributed by atoms with E-state index in [2.05, 4.69) is 13.8 Å². The van der Waals surface area contributed by atoms with Crippen molar-refractivity contribution in [1.29, 1.82) is 0 Å². The highest BCUT2D eigenvalue weighted by molar-refractivity contribution is 5.69. The van der Waals surface area contributed by atoms with Crippen LogP contribution in [0.5, 0.6) is 0 Å². The number of carbonyl (C=O) groups is 1. The molecule has 0 saturated heterocycles. The van der Waals surface area contributed by atoms with Crippen molar-refractivity contribution >= 4 is 5.97 Å². The Balaban J connectivity index is 3.12. The third-order valence-electron chi connectivity index (χ3n) is 2.64. The third kappa shape index (κ3) is 11.5. The molecule has 0 atom stereocenters. The van der Waals surface area contributed by atoms with E-state index in [0.717, 1.165) is 38.5 Å². The van der Waals surface area contributed by atoms with Gasteiger partial charge in [0.05, 0.1) is 6.61 Å². The maximum atomic E-state index is 11.3. The molecule has 0 aromatic rings. The van der Waals surface area contributed by atoms with Crippen molar-refractivity contribution in [3.05, 3.63) is 6.92 Å². The van der Waals surface area contributed by atoms with Crippen LogP contribution in [0.1, 0.15) is 71.1 Å². The Bertz CT molecular complexity index is 139. The molecule has 0 unspecified atom stereocenters. The summed E-state index contributed by atoms with van der Waals surface area (Å²) in [6.45, 7) is 6.56. The van der Waals surface area contributed by atoms with Gasteiger partial charge >= 0.3 is 5.97 Å². The van der Waals surface area contributed by atoms with Gasteiger partial charge in [0.1, 0.15) is 0 Å². The zero-order valence-corrected chi connectivity index (χ0v) is 10.8. The summed E-state index contributed by atoms with van der Waals surface area (Å²) in [5.41, 5.74) is 0. The number of rotatable bonds is 11. The lowest BCUT2D eigenvalue weighted by Gasteiger charge is -2.04. The normalized spacial score (nSPS) is 10.4. The van der Waals surface area contributed by atoms with Gasteiger partial charge < -0.3 is 4.74 Å². The average molecular weight is 227 g/mol. The molecular formula is C14H27O2. The summed E-state index contributed by atoms with van der Waals surface area (Å²) in [7, 11) is 0. The van der Waals surface area contributed by atoms with Gasteiger partial charge in [0, 0.05) is 6.42 Å². The van der Waals surface area contributed by atoms with Crippen LogP contribution in [0.25, 0.3) is 0 Å². The van der Waals surface area contributed by atoms with E-state index in [-0.39, 0.29) is 5.97 Å². The summed E-state index contributed by atoms with van der Waals surface area (Å²) in [6, 6.07) is 0. The van der Waals surface area contributed by atoms with Gasteiger partial charge in [-0.05, 0) is 12.8 Å². The summed E-state index contributed by atoms with van der Waals surface area (Å²) in [5, 5.41) is 0. The second-order valence-corrected chi connectivity index (χ2v) is 4.30. The molecule has 0 spiro atoms. The molecule has 0 N–H and O–H groups in total. The highest BCUT2D eigenvalue weighted by atomic mass is 16.5. The lowest BCUT2D eigenvalue weighted by Crippen LogP contribution is -2.05. The van der Waals surface area contributed by atoms with Crippen molar-refractivity contribution in [1.82, 2.24) is 0 Å². The molecule has 0 aromatic carbocycles. The molecule has 1 radical (unpaired) electrons. The van der Waals surface area contributed by atoms with Crippen LogP contribution in [-0.2, 0) is 9.53 Å². The van der Waals surface area contributed by atoms with Crippen LogP contribution in [0, 0.1) is 6.92 Å². The Hall–Kier alpha value is -0.530. The van der Waals surface area contributed by atoms with Gasteiger partial charge in [-0.2, -0.15) is 0 Å². The molecule has 2 heteroatoms. The van der Waals surface area contributed by atoms with Gasteiger partial charge in [0.15, 0.2) is 0 Å². The van der Waals surface area contributed by atoms with E-state index in [4.69, 9.17) is 4.74 Å². The maximum absolute atomic E-state index is 11.3. The van der Waals surface area contributed by atoms with E-state index in [1.165, 1.54) is 19.3 Å². The lowest BCUT2D eigenvalue weighted by molar-refractivity contribution is -0.143. The van der Waals surface area contributed by atoms with Crippen LogP contribution in [-0.4, -0.2) is 12.6 Å². The van der Waals surface area contributed by atoms with Crippen molar-refractivity contribution in [2.45, 2.75) is 71.1 Å². The zero-order chi connectivity index (χ0) is 12.1. The first-order valence-corrected chi connectivity index (χ1v) is 6.76. The number of hydrogen-bond donors (Lipinski definition) is 0. The molecule has 0 aliphatic heterocycles. The molecule has 0 aliphatic carbocycles. The molecule has 0 rings (SSSR count). The highest BCUT2D eigenvalue weighted by Gasteiger charge is 2.01. The van der Waals surface area contributed by atoms with Crippen LogP contribution < -0.4 is 0 Å². The molecule has 0 saturated carbocycles. The second-order valence-electron chi connectivity index (χ2n) is 4.30. The van der Waals surface area contributed by atoms with Gasteiger partial charge in [-0.25, -0.2) is 0 Å². The molecule has 0 fully saturated rings. The Morgan fingerprint density at radius 1 is 1.00 bits per heavy atom. The first-order valence-electron chi connectivity index (χ1n) is 6.76. The molecule has 0 bridgehead atoms. The Morgan fingerprint density at radius 3 is 2.38 bits per heavy atom. The van der Waals surface area contributed by atoms with Crippen molar-refractivity contribution < 1.29 is 9.53 Å². The fraction of sp³-hybridized carbons (Fsp3) is 0.857. The van der Waals surface area contributed by atoms with E-state index in [9.17, 15) is 4.79 Å².